The first-order valence-corrected chi connectivity index (χ1v) is 7.62. The molecule has 5 heteroatoms. The largest absolute Gasteiger partial charge is 0.465 e. The number of methoxy groups -OCH3 is 2. The van der Waals surface area contributed by atoms with Crippen LogP contribution in [0.4, 0.5) is 5.69 Å². The summed E-state index contributed by atoms with van der Waals surface area (Å²) >= 11 is 0. The van der Waals surface area contributed by atoms with Crippen molar-refractivity contribution < 1.29 is 19.1 Å². The normalized spacial score (nSPS) is 17.7. The molecule has 124 valence electrons. The summed E-state index contributed by atoms with van der Waals surface area (Å²) in [6, 6.07) is 7.90. The van der Waals surface area contributed by atoms with E-state index in [2.05, 4.69) is 13.8 Å². The summed E-state index contributed by atoms with van der Waals surface area (Å²) in [6.07, 6.45) is 5.05. The zero-order valence-corrected chi connectivity index (χ0v) is 14.1. The number of rotatable bonds is 2. The molecule has 1 aromatic rings. The number of hydrogen-bond acceptors (Lipinski definition) is 5. The summed E-state index contributed by atoms with van der Waals surface area (Å²) in [5.41, 5.74) is 3.19. The van der Waals surface area contributed by atoms with Crippen molar-refractivity contribution in [3.05, 3.63) is 65.0 Å². The van der Waals surface area contributed by atoms with E-state index in [1.807, 2.05) is 35.2 Å². The number of carbonyl (C=O) groups excluding carboxylic acids is 2. The van der Waals surface area contributed by atoms with Crippen LogP contribution in [0.25, 0.3) is 0 Å². The topological polar surface area (TPSA) is 55.8 Å². The fraction of sp³-hybridized carbons (Fsp3) is 0.263. The maximum absolute atomic E-state index is 12.4. The highest BCUT2D eigenvalue weighted by atomic mass is 16.5. The molecule has 5 nitrogen and oxygen atoms in total. The number of hydrogen-bond donors (Lipinski definition) is 0. The number of esters is 2. The summed E-state index contributed by atoms with van der Waals surface area (Å²) in [4.78, 5) is 26.2. The molecule has 0 radical (unpaired) electrons. The quantitative estimate of drug-likeness (QED) is 0.783. The van der Waals surface area contributed by atoms with Gasteiger partial charge in [0.1, 0.15) is 5.70 Å². The summed E-state index contributed by atoms with van der Waals surface area (Å²) in [7, 11) is 2.64. The Kier molecular flexibility index (Phi) is 3.79. The third-order valence-corrected chi connectivity index (χ3v) is 4.47. The molecule has 1 aromatic carbocycles. The number of benzene rings is 1. The van der Waals surface area contributed by atoms with Gasteiger partial charge in [0, 0.05) is 11.1 Å². The number of anilines is 1. The minimum Gasteiger partial charge on any atom is -0.465 e. The zero-order chi connectivity index (χ0) is 17.5. The van der Waals surface area contributed by atoms with Crippen molar-refractivity contribution in [3.8, 4) is 0 Å². The lowest BCUT2D eigenvalue weighted by atomic mass is 9.84. The number of fused-ring (bicyclic) bond motifs is 3. The van der Waals surface area contributed by atoms with Crippen LogP contribution in [0.3, 0.4) is 0 Å². The van der Waals surface area contributed by atoms with Crippen molar-refractivity contribution >= 4 is 17.6 Å². The van der Waals surface area contributed by atoms with Crippen molar-refractivity contribution in [1.82, 2.24) is 0 Å². The van der Waals surface area contributed by atoms with Gasteiger partial charge in [-0.05, 0) is 29.9 Å². The highest BCUT2D eigenvalue weighted by Crippen LogP contribution is 2.50. The first-order valence-electron chi connectivity index (χ1n) is 7.62. The van der Waals surface area contributed by atoms with Crippen LogP contribution in [-0.4, -0.2) is 26.2 Å². The van der Waals surface area contributed by atoms with Gasteiger partial charge in [-0.25, -0.2) is 9.59 Å². The third kappa shape index (κ3) is 2.24. The second kappa shape index (κ2) is 5.67. The monoisotopic (exact) mass is 325 g/mol. The Morgan fingerprint density at radius 3 is 2.33 bits per heavy atom. The van der Waals surface area contributed by atoms with E-state index in [1.54, 1.807) is 6.08 Å². The molecule has 0 N–H and O–H groups in total. The first kappa shape index (κ1) is 16.1. The summed E-state index contributed by atoms with van der Waals surface area (Å²) in [6.45, 7) is 4.17. The highest BCUT2D eigenvalue weighted by molar-refractivity contribution is 6.01. The molecule has 2 aliphatic heterocycles. The summed E-state index contributed by atoms with van der Waals surface area (Å²) in [5, 5.41) is 0. The van der Waals surface area contributed by atoms with Crippen LogP contribution >= 0.6 is 0 Å². The van der Waals surface area contributed by atoms with Gasteiger partial charge in [-0.15, -0.1) is 0 Å². The van der Waals surface area contributed by atoms with Crippen molar-refractivity contribution in [2.24, 2.45) is 0 Å². The van der Waals surface area contributed by atoms with Gasteiger partial charge in [0.25, 0.3) is 0 Å². The van der Waals surface area contributed by atoms with Crippen molar-refractivity contribution in [2.75, 3.05) is 19.1 Å². The number of nitrogens with zero attached hydrogens (tertiary/aromatic N) is 1. The molecular weight excluding hydrogens is 306 g/mol. The van der Waals surface area contributed by atoms with E-state index in [-0.39, 0.29) is 11.1 Å². The van der Waals surface area contributed by atoms with Gasteiger partial charge in [-0.3, -0.25) is 0 Å². The smallest absolute Gasteiger partial charge is 0.355 e. The summed E-state index contributed by atoms with van der Waals surface area (Å²) in [5.74, 6) is -1.01. The first-order chi connectivity index (χ1) is 11.4. The maximum Gasteiger partial charge on any atom is 0.355 e. The fourth-order valence-electron chi connectivity index (χ4n) is 3.22. The van der Waals surface area contributed by atoms with E-state index in [4.69, 9.17) is 9.47 Å². The number of ether oxygens (including phenoxy) is 2. The number of carbonyl (C=O) groups is 2. The second-order valence-electron chi connectivity index (χ2n) is 6.16. The molecule has 0 aliphatic carbocycles. The molecule has 0 unspecified atom stereocenters. The number of allylic oxidation sites excluding steroid dienone is 3. The van der Waals surface area contributed by atoms with Crippen LogP contribution in [0.5, 0.6) is 0 Å². The Balaban J connectivity index is 2.26. The van der Waals surface area contributed by atoms with Crippen molar-refractivity contribution in [1.29, 1.82) is 0 Å². The average molecular weight is 325 g/mol. The van der Waals surface area contributed by atoms with Gasteiger partial charge in [-0.1, -0.05) is 32.0 Å². The Labute approximate surface area is 140 Å². The van der Waals surface area contributed by atoms with Gasteiger partial charge in [0.05, 0.1) is 25.5 Å². The molecule has 0 saturated heterocycles. The van der Waals surface area contributed by atoms with E-state index >= 15 is 0 Å². The zero-order valence-electron chi connectivity index (χ0n) is 14.1. The van der Waals surface area contributed by atoms with Crippen LogP contribution in [-0.2, 0) is 24.5 Å². The molecule has 0 saturated carbocycles. The SMILES string of the molecule is COC(=O)C1=CC=C2N(C(C(=O)OC)=C1)c1ccccc1C2(C)C. The van der Waals surface area contributed by atoms with Crippen LogP contribution in [0.2, 0.25) is 0 Å². The average Bonchev–Trinajstić information content (AvgIpc) is 2.73. The maximum atomic E-state index is 12.4. The minimum absolute atomic E-state index is 0.288. The van der Waals surface area contributed by atoms with E-state index in [1.165, 1.54) is 20.3 Å². The predicted molar refractivity (Wildman–Crippen MR) is 90.2 cm³/mol. The van der Waals surface area contributed by atoms with Gasteiger partial charge in [0.15, 0.2) is 0 Å². The molecule has 0 atom stereocenters. The van der Waals surface area contributed by atoms with Gasteiger partial charge in [0.2, 0.25) is 0 Å². The Morgan fingerprint density at radius 2 is 1.67 bits per heavy atom. The van der Waals surface area contributed by atoms with Gasteiger partial charge in [-0.2, -0.15) is 0 Å². The molecular formula is C19H19NO4. The number of para-hydroxylation sites is 1. The van der Waals surface area contributed by atoms with E-state index in [9.17, 15) is 9.59 Å². The van der Waals surface area contributed by atoms with Gasteiger partial charge < -0.3 is 14.4 Å². The molecule has 0 amide bonds. The van der Waals surface area contributed by atoms with Crippen LogP contribution in [0.15, 0.2) is 59.5 Å². The molecule has 0 bridgehead atoms. The van der Waals surface area contributed by atoms with E-state index < -0.39 is 11.9 Å². The van der Waals surface area contributed by atoms with E-state index in [0.29, 0.717) is 5.57 Å². The lowest BCUT2D eigenvalue weighted by Gasteiger charge is -2.26. The molecule has 0 spiro atoms. The Morgan fingerprint density at radius 1 is 1.00 bits per heavy atom. The lowest BCUT2D eigenvalue weighted by Crippen LogP contribution is -2.29. The molecule has 0 fully saturated rings. The minimum atomic E-state index is -0.509. The lowest BCUT2D eigenvalue weighted by molar-refractivity contribution is -0.136. The van der Waals surface area contributed by atoms with Gasteiger partial charge >= 0.3 is 11.9 Å². The summed E-state index contributed by atoms with van der Waals surface area (Å²) < 4.78 is 9.74. The van der Waals surface area contributed by atoms with Crippen molar-refractivity contribution in [2.45, 2.75) is 19.3 Å². The van der Waals surface area contributed by atoms with Crippen molar-refractivity contribution in [3.63, 3.8) is 0 Å². The van der Waals surface area contributed by atoms with Crippen LogP contribution < -0.4 is 4.90 Å². The molecule has 24 heavy (non-hydrogen) atoms. The van der Waals surface area contributed by atoms with E-state index in [0.717, 1.165) is 16.9 Å². The Bertz CT molecular complexity index is 814. The second-order valence-corrected chi connectivity index (χ2v) is 6.16. The molecule has 0 aromatic heterocycles. The Hall–Kier alpha value is -2.82. The predicted octanol–water partition coefficient (Wildman–Crippen LogP) is 2.84. The van der Waals surface area contributed by atoms with Crippen LogP contribution in [0.1, 0.15) is 19.4 Å². The highest BCUT2D eigenvalue weighted by Gasteiger charge is 2.43. The molecule has 2 heterocycles. The molecule has 2 aliphatic rings. The standard InChI is InChI=1S/C19H19NO4/c1-19(2)13-7-5-6-8-14(13)20-15(18(22)24-4)11-12(17(21)23-3)9-10-16(19)20/h5-11H,1-4H3. The van der Waals surface area contributed by atoms with Crippen LogP contribution in [0, 0.1) is 0 Å². The molecule has 3 rings (SSSR count). The fourth-order valence-corrected chi connectivity index (χ4v) is 3.22. The third-order valence-electron chi connectivity index (χ3n) is 4.47.